The van der Waals surface area contributed by atoms with Gasteiger partial charge in [0.2, 0.25) is 5.89 Å². The molecule has 1 fully saturated rings. The zero-order valence-corrected chi connectivity index (χ0v) is 15.0. The minimum atomic E-state index is 0. The van der Waals surface area contributed by atoms with Crippen LogP contribution in [0.1, 0.15) is 25.7 Å². The van der Waals surface area contributed by atoms with Crippen molar-refractivity contribution in [2.75, 3.05) is 13.1 Å². The molecule has 128 valence electrons. The van der Waals surface area contributed by atoms with Crippen LogP contribution in [0.2, 0.25) is 0 Å². The Bertz CT molecular complexity index is 566. The summed E-state index contributed by atoms with van der Waals surface area (Å²) in [7, 11) is 0. The summed E-state index contributed by atoms with van der Waals surface area (Å²) < 4.78 is 5.87. The Hall–Kier alpha value is -1.07. The lowest BCUT2D eigenvalue weighted by Crippen LogP contribution is -2.39. The lowest BCUT2D eigenvalue weighted by molar-refractivity contribution is 0.154. The molecule has 1 aromatic carbocycles. The van der Waals surface area contributed by atoms with Crippen LogP contribution in [0.15, 0.2) is 40.9 Å². The molecule has 2 heterocycles. The van der Waals surface area contributed by atoms with Gasteiger partial charge in [-0.25, -0.2) is 4.98 Å². The van der Waals surface area contributed by atoms with Crippen molar-refractivity contribution in [3.8, 4) is 11.3 Å². The van der Waals surface area contributed by atoms with Crippen molar-refractivity contribution in [2.45, 2.75) is 32.4 Å². The van der Waals surface area contributed by atoms with Gasteiger partial charge >= 0.3 is 0 Å². The Morgan fingerprint density at radius 3 is 2.48 bits per heavy atom. The molecule has 1 aliphatic rings. The van der Waals surface area contributed by atoms with Crippen molar-refractivity contribution in [2.24, 2.45) is 11.7 Å². The highest BCUT2D eigenvalue weighted by Gasteiger charge is 2.22. The second-order valence-corrected chi connectivity index (χ2v) is 5.96. The van der Waals surface area contributed by atoms with Gasteiger partial charge < -0.3 is 10.2 Å². The fourth-order valence-corrected chi connectivity index (χ4v) is 2.95. The van der Waals surface area contributed by atoms with Gasteiger partial charge in [0, 0.05) is 11.6 Å². The maximum atomic E-state index is 5.98. The Labute approximate surface area is 150 Å². The highest BCUT2D eigenvalue weighted by Crippen LogP contribution is 2.23. The van der Waals surface area contributed by atoms with Crippen LogP contribution in [-0.4, -0.2) is 29.0 Å². The van der Waals surface area contributed by atoms with Gasteiger partial charge in [0.1, 0.15) is 0 Å². The lowest BCUT2D eigenvalue weighted by Gasteiger charge is -2.32. The van der Waals surface area contributed by atoms with E-state index < -0.39 is 0 Å². The highest BCUT2D eigenvalue weighted by atomic mass is 35.5. The summed E-state index contributed by atoms with van der Waals surface area (Å²) in [5, 5.41) is 0. The van der Waals surface area contributed by atoms with Crippen LogP contribution in [0, 0.1) is 5.92 Å². The lowest BCUT2D eigenvalue weighted by atomic mass is 9.91. The predicted molar refractivity (Wildman–Crippen MR) is 98.1 cm³/mol. The number of hydrogen-bond donors (Lipinski definition) is 1. The molecule has 6 heteroatoms. The number of likely N-dealkylation sites (tertiary alicyclic amines) is 1. The average Bonchev–Trinajstić information content (AvgIpc) is 2.97. The summed E-state index contributed by atoms with van der Waals surface area (Å²) in [6.07, 6.45) is 4.16. The SMILES string of the molecule is CC(N)C1CCN(Cc2ncc(-c3ccccc3)o2)CC1.Cl.Cl. The normalized spacial score (nSPS) is 17.1. The average molecular weight is 358 g/mol. The van der Waals surface area contributed by atoms with Crippen molar-refractivity contribution in [3.05, 3.63) is 42.4 Å². The standard InChI is InChI=1S/C17H23N3O.2ClH/c1-13(18)14-7-9-20(10-8-14)12-17-19-11-16(21-17)15-5-3-2-4-6-15;;/h2-6,11,13-14H,7-10,12,18H2,1H3;2*1H. The molecule has 1 aliphatic heterocycles. The van der Waals surface area contributed by atoms with E-state index in [1.807, 2.05) is 36.5 Å². The third-order valence-electron chi connectivity index (χ3n) is 4.35. The van der Waals surface area contributed by atoms with Gasteiger partial charge in [-0.1, -0.05) is 30.3 Å². The Morgan fingerprint density at radius 1 is 1.22 bits per heavy atom. The number of nitrogens with two attached hydrogens (primary N) is 1. The van der Waals surface area contributed by atoms with E-state index in [0.29, 0.717) is 12.0 Å². The van der Waals surface area contributed by atoms with Crippen LogP contribution in [0.4, 0.5) is 0 Å². The number of piperidine rings is 1. The van der Waals surface area contributed by atoms with Crippen LogP contribution in [0.5, 0.6) is 0 Å². The van der Waals surface area contributed by atoms with E-state index in [0.717, 1.165) is 36.8 Å². The first-order valence-electron chi connectivity index (χ1n) is 7.70. The molecule has 1 saturated heterocycles. The smallest absolute Gasteiger partial charge is 0.209 e. The molecule has 1 aromatic heterocycles. The van der Waals surface area contributed by atoms with Crippen LogP contribution >= 0.6 is 24.8 Å². The number of oxazole rings is 1. The largest absolute Gasteiger partial charge is 0.439 e. The third-order valence-corrected chi connectivity index (χ3v) is 4.35. The van der Waals surface area contributed by atoms with Gasteiger partial charge in [0.25, 0.3) is 0 Å². The van der Waals surface area contributed by atoms with E-state index in [1.165, 1.54) is 12.8 Å². The molecule has 0 radical (unpaired) electrons. The van der Waals surface area contributed by atoms with E-state index in [2.05, 4.69) is 16.8 Å². The Balaban J connectivity index is 0.00000132. The van der Waals surface area contributed by atoms with Crippen molar-refractivity contribution >= 4 is 24.8 Å². The van der Waals surface area contributed by atoms with E-state index in [9.17, 15) is 0 Å². The third kappa shape index (κ3) is 5.21. The van der Waals surface area contributed by atoms with Gasteiger partial charge in [-0.3, -0.25) is 4.90 Å². The molecule has 0 saturated carbocycles. The number of rotatable bonds is 4. The van der Waals surface area contributed by atoms with Gasteiger partial charge in [0.05, 0.1) is 12.7 Å². The molecular weight excluding hydrogens is 333 g/mol. The van der Waals surface area contributed by atoms with Crippen molar-refractivity contribution in [1.82, 2.24) is 9.88 Å². The van der Waals surface area contributed by atoms with E-state index in [4.69, 9.17) is 10.2 Å². The molecule has 1 atom stereocenters. The Morgan fingerprint density at radius 2 is 1.87 bits per heavy atom. The summed E-state index contributed by atoms with van der Waals surface area (Å²) in [5.41, 5.74) is 7.06. The molecule has 0 spiro atoms. The fourth-order valence-electron chi connectivity index (χ4n) is 2.95. The van der Waals surface area contributed by atoms with Crippen molar-refractivity contribution in [3.63, 3.8) is 0 Å². The fraction of sp³-hybridized carbons (Fsp3) is 0.471. The summed E-state index contributed by atoms with van der Waals surface area (Å²) in [6, 6.07) is 10.4. The Kier molecular flexibility index (Phi) is 8.06. The van der Waals surface area contributed by atoms with Gasteiger partial charge in [-0.05, 0) is 38.8 Å². The molecule has 2 aromatic rings. The quantitative estimate of drug-likeness (QED) is 0.905. The van der Waals surface area contributed by atoms with Crippen LogP contribution in [0.25, 0.3) is 11.3 Å². The first kappa shape index (κ1) is 20.0. The predicted octanol–water partition coefficient (Wildman–Crippen LogP) is 3.74. The zero-order chi connectivity index (χ0) is 14.7. The zero-order valence-electron chi connectivity index (χ0n) is 13.4. The topological polar surface area (TPSA) is 55.3 Å². The molecule has 3 rings (SSSR count). The summed E-state index contributed by atoms with van der Waals surface area (Å²) >= 11 is 0. The number of aromatic nitrogens is 1. The van der Waals surface area contributed by atoms with Crippen LogP contribution in [0.3, 0.4) is 0 Å². The minimum absolute atomic E-state index is 0. The van der Waals surface area contributed by atoms with E-state index in [1.54, 1.807) is 0 Å². The molecule has 0 bridgehead atoms. The van der Waals surface area contributed by atoms with Gasteiger partial charge in [-0.15, -0.1) is 24.8 Å². The maximum absolute atomic E-state index is 5.98. The summed E-state index contributed by atoms with van der Waals surface area (Å²) in [6.45, 7) is 5.06. The second-order valence-electron chi connectivity index (χ2n) is 5.96. The molecule has 0 amide bonds. The minimum Gasteiger partial charge on any atom is -0.439 e. The first-order chi connectivity index (χ1) is 10.2. The molecule has 0 aliphatic carbocycles. The number of nitrogens with zero attached hydrogens (tertiary/aromatic N) is 2. The van der Waals surface area contributed by atoms with E-state index in [-0.39, 0.29) is 24.8 Å². The molecule has 1 unspecified atom stereocenters. The molecule has 23 heavy (non-hydrogen) atoms. The summed E-state index contributed by atoms with van der Waals surface area (Å²) in [4.78, 5) is 6.81. The number of hydrogen-bond acceptors (Lipinski definition) is 4. The second kappa shape index (κ2) is 9.28. The molecular formula is C17H25Cl2N3O. The monoisotopic (exact) mass is 357 g/mol. The highest BCUT2D eigenvalue weighted by molar-refractivity contribution is 5.85. The van der Waals surface area contributed by atoms with Crippen molar-refractivity contribution in [1.29, 1.82) is 0 Å². The number of benzene rings is 1. The number of halogens is 2. The first-order valence-corrected chi connectivity index (χ1v) is 7.70. The summed E-state index contributed by atoms with van der Waals surface area (Å²) in [5.74, 6) is 2.30. The van der Waals surface area contributed by atoms with E-state index >= 15 is 0 Å². The van der Waals surface area contributed by atoms with Crippen LogP contribution in [-0.2, 0) is 6.54 Å². The maximum Gasteiger partial charge on any atom is 0.209 e. The molecule has 2 N–H and O–H groups in total. The van der Waals surface area contributed by atoms with Crippen molar-refractivity contribution < 1.29 is 4.42 Å². The molecule has 4 nitrogen and oxygen atoms in total. The van der Waals surface area contributed by atoms with Gasteiger partial charge in [-0.2, -0.15) is 0 Å². The van der Waals surface area contributed by atoms with Crippen LogP contribution < -0.4 is 5.73 Å². The van der Waals surface area contributed by atoms with Gasteiger partial charge in [0.15, 0.2) is 5.76 Å².